The molecule has 0 spiro atoms. The molecule has 3 aliphatic rings. The Morgan fingerprint density at radius 1 is 0.396 bits per heavy atom. The van der Waals surface area contributed by atoms with E-state index in [2.05, 4.69) is 70.1 Å². The van der Waals surface area contributed by atoms with Gasteiger partial charge in [-0.15, -0.1) is 0 Å². The van der Waals surface area contributed by atoms with Crippen LogP contribution in [0.3, 0.4) is 0 Å². The fourth-order valence-electron chi connectivity index (χ4n) is 16.7. The minimum atomic E-state index is -0.570. The van der Waals surface area contributed by atoms with Crippen molar-refractivity contribution in [2.45, 2.75) is 144 Å². The fourth-order valence-corrected chi connectivity index (χ4v) is 44.3. The summed E-state index contributed by atoms with van der Waals surface area (Å²) in [4.78, 5) is 123. The first-order valence-corrected chi connectivity index (χ1v) is 64.4. The zero-order valence-electron chi connectivity index (χ0n) is 85.0. The molecule has 0 radical (unpaired) electrons. The van der Waals surface area contributed by atoms with E-state index < -0.39 is 17.1 Å². The number of nitrogens with two attached hydrogens (primary N) is 1. The second-order valence-corrected chi connectivity index (χ2v) is 57.6. The number of ketones is 1. The van der Waals surface area contributed by atoms with Gasteiger partial charge in [0, 0.05) is 290 Å². The van der Waals surface area contributed by atoms with E-state index >= 15 is 0 Å². The van der Waals surface area contributed by atoms with Gasteiger partial charge in [-0.2, -0.15) is 0 Å². The third-order valence-corrected chi connectivity index (χ3v) is 47.4. The number of hydrogen-bond donors (Lipinski definition) is 6. The molecule has 30 nitrogen and oxygen atoms in total. The number of primary amides is 1. The Labute approximate surface area is 916 Å². The Bertz CT molecular complexity index is 7460. The standard InChI is InChI=1S/C36H41N5O6.C31H33N5O4.C19H29N3O4.C18H14ClNO2.S14/c1-22-20-40(21-23(2)41(22)35(44)47-36(3,4)5)25-11-13-30(31(18-25)45-7)34(43)39-32-19-27(15-16-38-32)46-26-12-14-28-24(17-26)9-8-10-29(28)33(42)37-6;1-19-17-36(18-20(2)34-19)22-8-10-27(28(15-22)39-4)31(38)35-29-16-24(12-13-33-29)40-23-9-11-25-21(14-23)6-5-7-26(25)30(37)32-3;1-12-10-21(11-13(2)22(12)18(24)26-19(3,4)5)14-7-8-15(17(20)23)16(9-14)25-6;1-2-17(21)16-5-3-4-12-10-13(6-7-15(12)16)22-14-8-9-20-18(19)11-14;1-3-5-7-9-11-13-14-12-10-8-6-4-2/h8-19,22-23H,20-21H2,1-7H3,(H,37,42)(H,38,39,43);5-16,19-20,34H,17-18H2,1-4H3,(H,32,37)(H,33,35,38);7-9,12-13H,10-11H2,1-6H3,(H2,20,23);3-11H,2H2,1H3;/t22-,23+;19-,20+;12-,13+;;. The van der Waals surface area contributed by atoms with Gasteiger partial charge in [-0.1, -0.05) is 61.0 Å². The highest BCUT2D eigenvalue weighted by molar-refractivity contribution is 8.76. The summed E-state index contributed by atoms with van der Waals surface area (Å²) < 4.78 is 45.6. The minimum absolute atomic E-state index is 0.0181. The van der Waals surface area contributed by atoms with Gasteiger partial charge in [-0.3, -0.25) is 38.6 Å². The van der Waals surface area contributed by atoms with Crippen LogP contribution in [0.15, 0.2) is 219 Å². The van der Waals surface area contributed by atoms with E-state index in [1.54, 1.807) is 217 Å². The average Bonchev–Trinajstić information content (AvgIpc) is 0.805. The van der Waals surface area contributed by atoms with Crippen LogP contribution in [0.25, 0.3) is 32.3 Å². The molecule has 6 atom stereocenters. The number of benzene rings is 9. The van der Waals surface area contributed by atoms with Crippen molar-refractivity contribution in [1.29, 1.82) is 0 Å². The van der Waals surface area contributed by atoms with Crippen molar-refractivity contribution in [3.8, 4) is 51.7 Å². The van der Waals surface area contributed by atoms with Crippen molar-refractivity contribution < 1.29 is 76.3 Å². The highest BCUT2D eigenvalue weighted by atomic mass is 35.5. The lowest BCUT2D eigenvalue weighted by molar-refractivity contribution is 0.00449. The van der Waals surface area contributed by atoms with Gasteiger partial charge in [-0.25, -0.2) is 24.5 Å². The van der Waals surface area contributed by atoms with Gasteiger partial charge in [0.05, 0.1) is 62.2 Å². The predicted octanol–water partition coefficient (Wildman–Crippen LogP) is 19.2. The minimum Gasteiger partial charge on any atom is -0.496 e. The van der Waals surface area contributed by atoms with Crippen LogP contribution >= 0.6 is 11.6 Å². The number of rotatable bonds is 21. The lowest BCUT2D eigenvalue weighted by Gasteiger charge is -2.45. The second-order valence-electron chi connectivity index (χ2n) is 36.0. The number of amides is 7. The van der Waals surface area contributed by atoms with Crippen LogP contribution < -0.4 is 75.4 Å². The number of halogens is 1. The number of carbonyl (C=O) groups is 8. The first-order valence-electron chi connectivity index (χ1n) is 46.7. The molecule has 6 heterocycles. The summed E-state index contributed by atoms with van der Waals surface area (Å²) >= 11 is 15.3. The number of anilines is 5. The molecule has 0 bridgehead atoms. The van der Waals surface area contributed by atoms with Crippen molar-refractivity contribution in [2.75, 3.05) is 100 Å². The van der Waals surface area contributed by atoms with Crippen molar-refractivity contribution in [3.63, 3.8) is 0 Å². The van der Waals surface area contributed by atoms with E-state index in [0.717, 1.165) is 68.0 Å². The van der Waals surface area contributed by atoms with Crippen LogP contribution in [0, 0.1) is 0 Å². The predicted molar refractivity (Wildman–Crippen MR) is 630 cm³/mol. The van der Waals surface area contributed by atoms with E-state index in [1.807, 2.05) is 197 Å². The van der Waals surface area contributed by atoms with Crippen LogP contribution in [0.4, 0.5) is 38.3 Å². The zero-order valence-corrected chi connectivity index (χ0v) is 97.2. The van der Waals surface area contributed by atoms with Gasteiger partial charge in [-0.05, 0) is 237 Å². The van der Waals surface area contributed by atoms with Crippen LogP contribution in [0.1, 0.15) is 159 Å². The van der Waals surface area contributed by atoms with Gasteiger partial charge in [0.15, 0.2) is 5.78 Å². The molecular weight excluding hydrogens is 2190 g/mol. The summed E-state index contributed by atoms with van der Waals surface area (Å²) in [6.07, 6.45) is 4.60. The number of hydrogen-bond acceptors (Lipinski definition) is 25. The van der Waals surface area contributed by atoms with Crippen molar-refractivity contribution in [3.05, 3.63) is 257 Å². The highest BCUT2D eigenvalue weighted by Gasteiger charge is 2.39. The number of fused-ring (bicyclic) bond motifs is 3. The molecule has 0 unspecified atom stereocenters. The molecule has 0 aliphatic carbocycles. The Hall–Kier alpha value is -11.7. The third-order valence-electron chi connectivity index (χ3n) is 22.8. The number of carbonyl (C=O) groups excluding carboxylic acids is 8. The molecule has 7 amide bonds. The smallest absolute Gasteiger partial charge is 0.410 e. The maximum Gasteiger partial charge on any atom is 0.410 e. The molecule has 149 heavy (non-hydrogen) atoms. The Balaban J connectivity index is 0.000000187. The Morgan fingerprint density at radius 3 is 1.05 bits per heavy atom. The highest BCUT2D eigenvalue weighted by Crippen LogP contribution is 2.38. The first kappa shape index (κ1) is 118. The molecule has 3 aromatic heterocycles. The van der Waals surface area contributed by atoms with Crippen molar-refractivity contribution >= 4 is 249 Å². The summed E-state index contributed by atoms with van der Waals surface area (Å²) in [5.41, 5.74) is 10.1. The number of ether oxygens (including phenoxy) is 8. The summed E-state index contributed by atoms with van der Waals surface area (Å²) in [5, 5.41) is 20.2. The largest absolute Gasteiger partial charge is 0.496 e. The quantitative estimate of drug-likeness (QED) is 0.0287. The maximum absolute atomic E-state index is 13.4. The van der Waals surface area contributed by atoms with Crippen LogP contribution in [0.5, 0.6) is 51.7 Å². The van der Waals surface area contributed by atoms with Crippen LogP contribution in [0.2, 0.25) is 5.15 Å². The van der Waals surface area contributed by atoms with Gasteiger partial charge < -0.3 is 84.9 Å². The normalized spacial score (nSPS) is 15.6. The number of Topliss-reactive ketones (excluding diaryl/α,β-unsaturated/α-hetero) is 1. The van der Waals surface area contributed by atoms with Gasteiger partial charge in [0.1, 0.15) is 79.7 Å². The number of pyridine rings is 3. The molecule has 15 rings (SSSR count). The summed E-state index contributed by atoms with van der Waals surface area (Å²) in [7, 11) is 27.7. The number of nitrogens with one attached hydrogen (secondary N) is 5. The van der Waals surface area contributed by atoms with Crippen LogP contribution in [-0.4, -0.2) is 194 Å². The summed E-state index contributed by atoms with van der Waals surface area (Å²) in [5.74, 6) is 4.08. The van der Waals surface area contributed by atoms with E-state index in [4.69, 9.17) is 77.6 Å². The van der Waals surface area contributed by atoms with Crippen LogP contribution in [-0.2, 0) is 138 Å². The SMILES string of the molecule is CCC(=O)c1cccc2cc(Oc3ccnc(Cl)c3)ccc12.CNC(=O)c1cccc2cc(Oc3ccnc(NC(=O)c4ccc(N5C[C@@H](C)N(C(=O)OC(C)(C)C)[C@@H](C)C5)cc4OC)c3)ccc12.CNC(=O)c1cccc2cc(Oc3ccnc(NC(=O)c4ccc(N5C[C@@H](C)N[C@@H](C)C5)cc4OC)c3)ccc12.COc1cc(N2C[C@@H](C)N(C(=O)OC(C)(C)C)[C@@H](C)C2)ccc1C(N)=O.S=S=S=S=S=S=S=S=S=S=S=S=S=S. The molecule has 790 valence electrons. The molecule has 12 aromatic rings. The Morgan fingerprint density at radius 2 is 0.718 bits per heavy atom. The molecule has 7 N–H and O–H groups in total. The number of piperazine rings is 3. The molecule has 3 aliphatic heterocycles. The third kappa shape index (κ3) is 34.4. The van der Waals surface area contributed by atoms with E-state index in [9.17, 15) is 38.4 Å². The summed E-state index contributed by atoms with van der Waals surface area (Å²) in [6.45, 7) is 29.6. The molecular formula is C104H117ClN14O16S14. The monoisotopic (exact) mass is 2300 g/mol. The van der Waals surface area contributed by atoms with E-state index in [-0.39, 0.29) is 65.8 Å². The lowest BCUT2D eigenvalue weighted by Crippen LogP contribution is -2.59. The fraction of sp³-hybridized carbons (Fsp3) is 0.317. The van der Waals surface area contributed by atoms with Gasteiger partial charge in [0.25, 0.3) is 29.5 Å². The summed E-state index contributed by atoms with van der Waals surface area (Å²) in [6, 6.07) is 60.5. The molecule has 9 aromatic carbocycles. The molecule has 45 heteroatoms. The van der Waals surface area contributed by atoms with Gasteiger partial charge >= 0.3 is 12.2 Å². The van der Waals surface area contributed by atoms with Crippen molar-refractivity contribution in [1.82, 2.24) is 40.7 Å². The number of nitrogens with zero attached hydrogens (tertiary/aromatic N) is 8. The van der Waals surface area contributed by atoms with E-state index in [1.165, 1.54) is 32.0 Å². The molecule has 3 saturated heterocycles. The van der Waals surface area contributed by atoms with E-state index in [0.29, 0.717) is 141 Å². The maximum atomic E-state index is 13.4. The average molecular weight is 2300 g/mol. The number of methoxy groups -OCH3 is 3. The van der Waals surface area contributed by atoms with Gasteiger partial charge in [0.2, 0.25) is 0 Å². The Kier molecular flexibility index (Phi) is 44.9. The number of aromatic nitrogens is 3. The topological polar surface area (TPSA) is 351 Å². The second kappa shape index (κ2) is 57.0. The zero-order chi connectivity index (χ0) is 108. The molecule has 0 saturated carbocycles. The molecule has 3 fully saturated rings. The lowest BCUT2D eigenvalue weighted by atomic mass is 10.00. The van der Waals surface area contributed by atoms with Crippen molar-refractivity contribution in [2.24, 2.45) is 5.73 Å². The first-order chi connectivity index (χ1) is 71.3.